The van der Waals surface area contributed by atoms with E-state index >= 15 is 0 Å². The summed E-state index contributed by atoms with van der Waals surface area (Å²) in [4.78, 5) is 2.09. The average Bonchev–Trinajstić information content (AvgIpc) is 2.28. The first-order valence-electron chi connectivity index (χ1n) is 6.01. The van der Waals surface area contributed by atoms with Gasteiger partial charge in [0, 0.05) is 23.8 Å². The van der Waals surface area contributed by atoms with Crippen molar-refractivity contribution >= 4 is 5.69 Å². The maximum Gasteiger partial charge on any atom is 0.123 e. The van der Waals surface area contributed by atoms with Gasteiger partial charge in [0.25, 0.3) is 0 Å². The topological polar surface area (TPSA) is 23.5 Å². The number of halogens is 1. The molecule has 0 radical (unpaired) electrons. The molecule has 0 saturated heterocycles. The van der Waals surface area contributed by atoms with Crippen LogP contribution in [0.4, 0.5) is 10.1 Å². The van der Waals surface area contributed by atoms with Crippen molar-refractivity contribution in [3.63, 3.8) is 0 Å². The number of hydrogen-bond acceptors (Lipinski definition) is 2. The monoisotopic (exact) mass is 239 g/mol. The molecular weight excluding hydrogens is 217 g/mol. The fraction of sp³-hybridized carbons (Fsp3) is 0.571. The second-order valence-corrected chi connectivity index (χ2v) is 5.10. The molecule has 0 amide bonds. The van der Waals surface area contributed by atoms with E-state index in [0.29, 0.717) is 5.56 Å². The summed E-state index contributed by atoms with van der Waals surface area (Å²) in [5.74, 6) is -0.313. The maximum atomic E-state index is 13.2. The van der Waals surface area contributed by atoms with Gasteiger partial charge in [-0.3, -0.25) is 0 Å². The van der Waals surface area contributed by atoms with E-state index in [2.05, 4.69) is 25.7 Å². The molecule has 1 rings (SSSR count). The molecule has 0 bridgehead atoms. The van der Waals surface area contributed by atoms with E-state index in [0.717, 1.165) is 12.1 Å². The summed E-state index contributed by atoms with van der Waals surface area (Å²) in [6.07, 6.45) is 0.302. The van der Waals surface area contributed by atoms with Crippen molar-refractivity contribution in [2.45, 2.75) is 45.8 Å². The van der Waals surface area contributed by atoms with Gasteiger partial charge >= 0.3 is 0 Å². The predicted octanol–water partition coefficient (Wildman–Crippen LogP) is 3.50. The number of aliphatic hydroxyl groups excluding tert-OH is 1. The summed E-state index contributed by atoms with van der Waals surface area (Å²) in [6.45, 7) is 8.03. The van der Waals surface area contributed by atoms with Crippen LogP contribution < -0.4 is 4.90 Å². The Balaban J connectivity index is 3.22. The molecule has 17 heavy (non-hydrogen) atoms. The number of rotatable bonds is 4. The van der Waals surface area contributed by atoms with Gasteiger partial charge in [-0.05, 0) is 45.4 Å². The third kappa shape index (κ3) is 2.97. The molecule has 96 valence electrons. The van der Waals surface area contributed by atoms with Gasteiger partial charge in [-0.2, -0.15) is 0 Å². The van der Waals surface area contributed by atoms with Crippen molar-refractivity contribution in [3.05, 3.63) is 29.6 Å². The number of anilines is 1. The highest BCUT2D eigenvalue weighted by Crippen LogP contribution is 2.31. The van der Waals surface area contributed by atoms with Gasteiger partial charge in [-0.1, -0.05) is 6.92 Å². The first-order valence-corrected chi connectivity index (χ1v) is 6.01. The highest BCUT2D eigenvalue weighted by Gasteiger charge is 2.24. The highest BCUT2D eigenvalue weighted by molar-refractivity contribution is 5.55. The second kappa shape index (κ2) is 5.05. The van der Waals surface area contributed by atoms with E-state index in [1.54, 1.807) is 13.0 Å². The van der Waals surface area contributed by atoms with Crippen molar-refractivity contribution in [3.8, 4) is 0 Å². The van der Waals surface area contributed by atoms with Gasteiger partial charge in [0.15, 0.2) is 0 Å². The average molecular weight is 239 g/mol. The van der Waals surface area contributed by atoms with Crippen LogP contribution in [0.25, 0.3) is 0 Å². The van der Waals surface area contributed by atoms with Crippen LogP contribution in [-0.2, 0) is 0 Å². The highest BCUT2D eigenvalue weighted by atomic mass is 19.1. The molecule has 1 atom stereocenters. The third-order valence-electron chi connectivity index (χ3n) is 3.57. The minimum Gasteiger partial charge on any atom is -0.389 e. The molecule has 0 aliphatic heterocycles. The molecule has 1 N–H and O–H groups in total. The minimum atomic E-state index is -0.671. The summed E-state index contributed by atoms with van der Waals surface area (Å²) in [6, 6.07) is 4.57. The lowest BCUT2D eigenvalue weighted by molar-refractivity contribution is 0.199. The summed E-state index contributed by atoms with van der Waals surface area (Å²) in [7, 11) is 1.97. The van der Waals surface area contributed by atoms with Crippen LogP contribution in [0.2, 0.25) is 0 Å². The van der Waals surface area contributed by atoms with E-state index in [9.17, 15) is 9.50 Å². The standard InChI is InChI=1S/C14H22FNO/c1-6-14(3,4)16(5)13-8-7-11(15)9-12(13)10(2)17/h7-10,17H,6H2,1-5H3/t10-/m1/s1. The van der Waals surface area contributed by atoms with Crippen molar-refractivity contribution in [2.24, 2.45) is 0 Å². The number of aliphatic hydroxyl groups is 1. The number of benzene rings is 1. The van der Waals surface area contributed by atoms with Gasteiger partial charge < -0.3 is 10.0 Å². The Hall–Kier alpha value is -1.09. The zero-order valence-electron chi connectivity index (χ0n) is 11.3. The smallest absolute Gasteiger partial charge is 0.123 e. The number of nitrogens with zero attached hydrogens (tertiary/aromatic N) is 1. The Morgan fingerprint density at radius 1 is 1.41 bits per heavy atom. The van der Waals surface area contributed by atoms with Gasteiger partial charge in [-0.25, -0.2) is 4.39 Å². The zero-order valence-corrected chi connectivity index (χ0v) is 11.3. The third-order valence-corrected chi connectivity index (χ3v) is 3.57. The van der Waals surface area contributed by atoms with Crippen LogP contribution >= 0.6 is 0 Å². The summed E-state index contributed by atoms with van der Waals surface area (Å²) < 4.78 is 13.2. The number of hydrogen-bond donors (Lipinski definition) is 1. The molecule has 0 fully saturated rings. The Kier molecular flexibility index (Phi) is 4.15. The molecule has 0 saturated carbocycles. The van der Waals surface area contributed by atoms with Crippen LogP contribution in [0.1, 0.15) is 45.8 Å². The van der Waals surface area contributed by atoms with Crippen molar-refractivity contribution in [1.82, 2.24) is 0 Å². The molecule has 0 unspecified atom stereocenters. The van der Waals surface area contributed by atoms with Crippen LogP contribution in [0, 0.1) is 5.82 Å². The van der Waals surface area contributed by atoms with E-state index in [-0.39, 0.29) is 11.4 Å². The largest absolute Gasteiger partial charge is 0.389 e. The van der Waals surface area contributed by atoms with Gasteiger partial charge in [0.1, 0.15) is 5.82 Å². The van der Waals surface area contributed by atoms with Crippen LogP contribution in [0.3, 0.4) is 0 Å². The molecule has 3 heteroatoms. The van der Waals surface area contributed by atoms with E-state index in [4.69, 9.17) is 0 Å². The van der Waals surface area contributed by atoms with Gasteiger partial charge in [0.05, 0.1) is 6.10 Å². The molecule has 0 spiro atoms. The molecule has 0 heterocycles. The first kappa shape index (κ1) is 14.0. The quantitative estimate of drug-likeness (QED) is 0.869. The summed E-state index contributed by atoms with van der Waals surface area (Å²) >= 11 is 0. The second-order valence-electron chi connectivity index (χ2n) is 5.10. The molecule has 1 aromatic carbocycles. The lowest BCUT2D eigenvalue weighted by Gasteiger charge is -2.38. The summed E-state index contributed by atoms with van der Waals surface area (Å²) in [5.41, 5.74) is 1.49. The van der Waals surface area contributed by atoms with E-state index in [1.165, 1.54) is 12.1 Å². The molecule has 0 aliphatic carbocycles. The molecular formula is C14H22FNO. The van der Waals surface area contributed by atoms with E-state index in [1.807, 2.05) is 7.05 Å². The maximum absolute atomic E-state index is 13.2. The van der Waals surface area contributed by atoms with Gasteiger partial charge in [0.2, 0.25) is 0 Å². The zero-order chi connectivity index (χ0) is 13.2. The van der Waals surface area contributed by atoms with Crippen molar-refractivity contribution in [1.29, 1.82) is 0 Å². The Morgan fingerprint density at radius 2 is 2.00 bits per heavy atom. The van der Waals surface area contributed by atoms with Crippen LogP contribution in [0.5, 0.6) is 0 Å². The first-order chi connectivity index (χ1) is 7.79. The van der Waals surface area contributed by atoms with Gasteiger partial charge in [-0.15, -0.1) is 0 Å². The Labute approximate surface area is 103 Å². The van der Waals surface area contributed by atoms with Crippen molar-refractivity contribution < 1.29 is 9.50 Å². The fourth-order valence-corrected chi connectivity index (χ4v) is 1.73. The lowest BCUT2D eigenvalue weighted by Crippen LogP contribution is -2.41. The predicted molar refractivity (Wildman–Crippen MR) is 69.8 cm³/mol. The fourth-order valence-electron chi connectivity index (χ4n) is 1.73. The van der Waals surface area contributed by atoms with Crippen LogP contribution in [0.15, 0.2) is 18.2 Å². The molecule has 2 nitrogen and oxygen atoms in total. The van der Waals surface area contributed by atoms with Crippen LogP contribution in [-0.4, -0.2) is 17.7 Å². The normalized spacial score (nSPS) is 13.6. The lowest BCUT2D eigenvalue weighted by atomic mass is 9.97. The Bertz CT molecular complexity index is 388. The SMILES string of the molecule is CCC(C)(C)N(C)c1ccc(F)cc1[C@@H](C)O. The van der Waals surface area contributed by atoms with Crippen molar-refractivity contribution in [2.75, 3.05) is 11.9 Å². The molecule has 0 aliphatic rings. The molecule has 0 aromatic heterocycles. The summed E-state index contributed by atoms with van der Waals surface area (Å²) in [5, 5.41) is 9.72. The Morgan fingerprint density at radius 3 is 2.47 bits per heavy atom. The minimum absolute atomic E-state index is 0.0263. The van der Waals surface area contributed by atoms with E-state index < -0.39 is 6.10 Å². The molecule has 1 aromatic rings.